The molecule has 1 unspecified atom stereocenters. The number of carbonyl (C=O) groups excluding carboxylic acids is 1. The number of rotatable bonds is 2. The first-order valence-electron chi connectivity index (χ1n) is 6.49. The Labute approximate surface area is 123 Å². The van der Waals surface area contributed by atoms with Crippen LogP contribution in [0.2, 0.25) is 5.02 Å². The lowest BCUT2D eigenvalue weighted by Gasteiger charge is -2.15. The summed E-state index contributed by atoms with van der Waals surface area (Å²) < 4.78 is 0. The number of fused-ring (bicyclic) bond motifs is 1. The van der Waals surface area contributed by atoms with Crippen LogP contribution in [-0.4, -0.2) is 5.91 Å². The number of nitrogens with one attached hydrogen (secondary N) is 2. The quantitative estimate of drug-likeness (QED) is 0.874. The van der Waals surface area contributed by atoms with Crippen molar-refractivity contribution < 1.29 is 4.79 Å². The van der Waals surface area contributed by atoms with Crippen LogP contribution in [0, 0.1) is 13.8 Å². The largest absolute Gasteiger partial charge is 0.370 e. The minimum atomic E-state index is -0.373. The maximum absolute atomic E-state index is 12.1. The monoisotopic (exact) mass is 286 g/mol. The molecule has 1 atom stereocenters. The molecule has 1 heterocycles. The van der Waals surface area contributed by atoms with Gasteiger partial charge in [0, 0.05) is 22.0 Å². The van der Waals surface area contributed by atoms with Gasteiger partial charge in [-0.2, -0.15) is 0 Å². The molecule has 3 nitrogen and oxygen atoms in total. The molecule has 1 aliphatic heterocycles. The SMILES string of the molecule is Cc1ccc2c(c1)C(Nc1cc(Cl)ccc1C)C(=O)N2. The highest BCUT2D eigenvalue weighted by Gasteiger charge is 2.30. The lowest BCUT2D eigenvalue weighted by Crippen LogP contribution is -2.20. The van der Waals surface area contributed by atoms with Crippen molar-refractivity contribution in [1.82, 2.24) is 0 Å². The van der Waals surface area contributed by atoms with Gasteiger partial charge in [0.1, 0.15) is 6.04 Å². The summed E-state index contributed by atoms with van der Waals surface area (Å²) in [5.41, 5.74) is 4.93. The Bertz CT molecular complexity index is 697. The molecule has 0 fully saturated rings. The van der Waals surface area contributed by atoms with Gasteiger partial charge in [-0.05, 0) is 37.6 Å². The predicted octanol–water partition coefficient (Wildman–Crippen LogP) is 4.06. The maximum Gasteiger partial charge on any atom is 0.251 e. The molecule has 4 heteroatoms. The molecule has 0 aliphatic carbocycles. The van der Waals surface area contributed by atoms with E-state index in [1.807, 2.05) is 50.2 Å². The summed E-state index contributed by atoms with van der Waals surface area (Å²) in [6.07, 6.45) is 0. The molecule has 0 saturated carbocycles. The van der Waals surface area contributed by atoms with E-state index in [0.717, 1.165) is 28.1 Å². The number of benzene rings is 2. The van der Waals surface area contributed by atoms with Gasteiger partial charge in [0.05, 0.1) is 0 Å². The fourth-order valence-electron chi connectivity index (χ4n) is 2.43. The second-order valence-electron chi connectivity index (χ2n) is 5.12. The van der Waals surface area contributed by atoms with E-state index in [-0.39, 0.29) is 11.9 Å². The Hall–Kier alpha value is -2.00. The van der Waals surface area contributed by atoms with Gasteiger partial charge in [-0.3, -0.25) is 4.79 Å². The van der Waals surface area contributed by atoms with Crippen LogP contribution < -0.4 is 10.6 Å². The van der Waals surface area contributed by atoms with E-state index in [0.29, 0.717) is 5.02 Å². The molecule has 0 bridgehead atoms. The maximum atomic E-state index is 12.1. The Kier molecular flexibility index (Phi) is 3.14. The lowest BCUT2D eigenvalue weighted by molar-refractivity contribution is -0.116. The summed E-state index contributed by atoms with van der Waals surface area (Å²) in [5, 5.41) is 6.83. The smallest absolute Gasteiger partial charge is 0.251 e. The summed E-state index contributed by atoms with van der Waals surface area (Å²) in [6, 6.07) is 11.2. The first kappa shape index (κ1) is 13.0. The molecule has 1 amide bonds. The first-order valence-corrected chi connectivity index (χ1v) is 6.86. The summed E-state index contributed by atoms with van der Waals surface area (Å²) in [4.78, 5) is 12.1. The van der Waals surface area contributed by atoms with Crippen molar-refractivity contribution in [1.29, 1.82) is 0 Å². The minimum absolute atomic E-state index is 0.0371. The number of anilines is 2. The van der Waals surface area contributed by atoms with Gasteiger partial charge in [-0.15, -0.1) is 0 Å². The number of carbonyl (C=O) groups is 1. The van der Waals surface area contributed by atoms with Gasteiger partial charge in [0.2, 0.25) is 0 Å². The first-order chi connectivity index (χ1) is 9.54. The van der Waals surface area contributed by atoms with E-state index in [2.05, 4.69) is 10.6 Å². The molecule has 0 aromatic heterocycles. The number of aryl methyl sites for hydroxylation is 2. The molecular formula is C16H15ClN2O. The fraction of sp³-hybridized carbons (Fsp3) is 0.188. The van der Waals surface area contributed by atoms with Crippen LogP contribution >= 0.6 is 11.6 Å². The molecule has 0 saturated heterocycles. The van der Waals surface area contributed by atoms with Crippen LogP contribution in [0.4, 0.5) is 11.4 Å². The zero-order chi connectivity index (χ0) is 14.3. The molecule has 2 N–H and O–H groups in total. The van der Waals surface area contributed by atoms with Gasteiger partial charge in [-0.25, -0.2) is 0 Å². The van der Waals surface area contributed by atoms with Crippen molar-refractivity contribution in [2.45, 2.75) is 19.9 Å². The molecule has 20 heavy (non-hydrogen) atoms. The molecular weight excluding hydrogens is 272 g/mol. The topological polar surface area (TPSA) is 41.1 Å². The zero-order valence-corrected chi connectivity index (χ0v) is 12.1. The van der Waals surface area contributed by atoms with E-state index in [4.69, 9.17) is 11.6 Å². The molecule has 0 spiro atoms. The number of hydrogen-bond acceptors (Lipinski definition) is 2. The van der Waals surface area contributed by atoms with Crippen LogP contribution in [0.5, 0.6) is 0 Å². The zero-order valence-electron chi connectivity index (χ0n) is 11.3. The molecule has 102 valence electrons. The second-order valence-corrected chi connectivity index (χ2v) is 5.55. The van der Waals surface area contributed by atoms with Gasteiger partial charge < -0.3 is 10.6 Å². The van der Waals surface area contributed by atoms with Crippen LogP contribution in [0.1, 0.15) is 22.7 Å². The van der Waals surface area contributed by atoms with E-state index >= 15 is 0 Å². The molecule has 1 aliphatic rings. The highest BCUT2D eigenvalue weighted by Crippen LogP contribution is 2.35. The fourth-order valence-corrected chi connectivity index (χ4v) is 2.60. The van der Waals surface area contributed by atoms with Crippen LogP contribution in [0.25, 0.3) is 0 Å². The van der Waals surface area contributed by atoms with Crippen molar-refractivity contribution >= 4 is 28.9 Å². The average molecular weight is 287 g/mol. The average Bonchev–Trinajstić information content (AvgIpc) is 2.70. The summed E-state index contributed by atoms with van der Waals surface area (Å²) in [7, 11) is 0. The number of halogens is 1. The normalized spacial score (nSPS) is 16.8. The summed E-state index contributed by atoms with van der Waals surface area (Å²) in [5.74, 6) is -0.0371. The Morgan fingerprint density at radius 1 is 1.15 bits per heavy atom. The minimum Gasteiger partial charge on any atom is -0.370 e. The van der Waals surface area contributed by atoms with Crippen LogP contribution in [-0.2, 0) is 4.79 Å². The summed E-state index contributed by atoms with van der Waals surface area (Å²) in [6.45, 7) is 4.01. The van der Waals surface area contributed by atoms with Crippen molar-refractivity contribution in [3.8, 4) is 0 Å². The number of amides is 1. The van der Waals surface area contributed by atoms with E-state index in [1.54, 1.807) is 0 Å². The summed E-state index contributed by atoms with van der Waals surface area (Å²) >= 11 is 6.02. The highest BCUT2D eigenvalue weighted by atomic mass is 35.5. The van der Waals surface area contributed by atoms with Gasteiger partial charge in [0.15, 0.2) is 0 Å². The number of hydrogen-bond donors (Lipinski definition) is 2. The Morgan fingerprint density at radius 2 is 1.95 bits per heavy atom. The molecule has 0 radical (unpaired) electrons. The highest BCUT2D eigenvalue weighted by molar-refractivity contribution is 6.30. The van der Waals surface area contributed by atoms with E-state index in [1.165, 1.54) is 0 Å². The van der Waals surface area contributed by atoms with Crippen LogP contribution in [0.3, 0.4) is 0 Å². The molecule has 3 rings (SSSR count). The van der Waals surface area contributed by atoms with Crippen LogP contribution in [0.15, 0.2) is 36.4 Å². The molecule has 2 aromatic rings. The van der Waals surface area contributed by atoms with E-state index in [9.17, 15) is 4.79 Å². The van der Waals surface area contributed by atoms with Gasteiger partial charge in [0.25, 0.3) is 5.91 Å². The third kappa shape index (κ3) is 2.25. The third-order valence-corrected chi connectivity index (χ3v) is 3.77. The van der Waals surface area contributed by atoms with Crippen molar-refractivity contribution in [3.05, 3.63) is 58.1 Å². The van der Waals surface area contributed by atoms with Crippen molar-refractivity contribution in [2.24, 2.45) is 0 Å². The Balaban J connectivity index is 1.97. The van der Waals surface area contributed by atoms with Gasteiger partial charge >= 0.3 is 0 Å². The lowest BCUT2D eigenvalue weighted by atomic mass is 10.0. The second kappa shape index (κ2) is 4.84. The van der Waals surface area contributed by atoms with Gasteiger partial charge in [-0.1, -0.05) is 35.4 Å². The van der Waals surface area contributed by atoms with Crippen molar-refractivity contribution in [3.63, 3.8) is 0 Å². The van der Waals surface area contributed by atoms with E-state index < -0.39 is 0 Å². The predicted molar refractivity (Wildman–Crippen MR) is 82.4 cm³/mol. The third-order valence-electron chi connectivity index (χ3n) is 3.54. The standard InChI is InChI=1S/C16H15ClN2O/c1-9-3-6-13-12(7-9)15(16(20)19-13)18-14-8-11(17)5-4-10(14)2/h3-8,15,18H,1-2H3,(H,19,20). The van der Waals surface area contributed by atoms with Crippen molar-refractivity contribution in [2.75, 3.05) is 10.6 Å². The molecule has 2 aromatic carbocycles. The Morgan fingerprint density at radius 3 is 2.75 bits per heavy atom.